The molecule has 0 atom stereocenters. The second-order valence-electron chi connectivity index (χ2n) is 5.78. The van der Waals surface area contributed by atoms with Crippen molar-refractivity contribution in [3.63, 3.8) is 0 Å². The molecule has 0 spiro atoms. The molecule has 0 saturated carbocycles. The third kappa shape index (κ3) is 5.60. The van der Waals surface area contributed by atoms with Gasteiger partial charge in [0, 0.05) is 11.8 Å². The van der Waals surface area contributed by atoms with Crippen molar-refractivity contribution >= 4 is 27.0 Å². The van der Waals surface area contributed by atoms with E-state index in [1.165, 1.54) is 30.5 Å². The lowest BCUT2D eigenvalue weighted by molar-refractivity contribution is -0.106. The maximum Gasteiger partial charge on any atom is 0.402 e. The minimum Gasteiger partial charge on any atom is -0.291 e. The smallest absolute Gasteiger partial charge is 0.291 e. The highest BCUT2D eigenvalue weighted by Gasteiger charge is 2.36. The molecule has 0 aromatic carbocycles. The Bertz CT molecular complexity index is 1160. The summed E-state index contributed by atoms with van der Waals surface area (Å²) in [7, 11) is -4.68. The number of nitrogens with zero attached hydrogens (tertiary/aromatic N) is 4. The van der Waals surface area contributed by atoms with Gasteiger partial charge in [-0.15, -0.1) is 10.2 Å². The van der Waals surface area contributed by atoms with Crippen LogP contribution in [0.2, 0.25) is 0 Å². The van der Waals surface area contributed by atoms with E-state index in [4.69, 9.17) is 0 Å². The van der Waals surface area contributed by atoms with Gasteiger partial charge in [-0.1, -0.05) is 17.4 Å². The number of rotatable bonds is 6. The van der Waals surface area contributed by atoms with Crippen LogP contribution in [0.15, 0.2) is 36.7 Å². The first-order chi connectivity index (χ1) is 13.5. The van der Waals surface area contributed by atoms with Crippen LogP contribution >= 0.6 is 11.3 Å². The molecule has 7 nitrogen and oxygen atoms in total. The molecule has 0 aliphatic rings. The van der Waals surface area contributed by atoms with E-state index >= 15 is 0 Å². The Hall–Kier alpha value is -2.80. The van der Waals surface area contributed by atoms with Gasteiger partial charge in [-0.25, -0.2) is 17.8 Å². The molecule has 0 aliphatic heterocycles. The third-order valence-corrected chi connectivity index (χ3v) is 5.83. The molecule has 0 saturated heterocycles. The van der Waals surface area contributed by atoms with E-state index in [2.05, 4.69) is 20.2 Å². The van der Waals surface area contributed by atoms with Crippen LogP contribution in [0.1, 0.15) is 10.5 Å². The first kappa shape index (κ1) is 20.9. The highest BCUT2D eigenvalue weighted by molar-refractivity contribution is 7.92. The van der Waals surface area contributed by atoms with Crippen molar-refractivity contribution in [2.45, 2.75) is 6.18 Å². The van der Waals surface area contributed by atoms with Crippen molar-refractivity contribution in [1.82, 2.24) is 20.2 Å². The zero-order valence-corrected chi connectivity index (χ0v) is 15.9. The molecule has 0 bridgehead atoms. The number of hydrogen-bond acceptors (Lipinski definition) is 8. The van der Waals surface area contributed by atoms with Crippen molar-refractivity contribution in [2.24, 2.45) is 0 Å². The van der Waals surface area contributed by atoms with Crippen LogP contribution in [-0.4, -0.2) is 52.0 Å². The van der Waals surface area contributed by atoms with E-state index < -0.39 is 39.1 Å². The Morgan fingerprint density at radius 3 is 2.52 bits per heavy atom. The molecule has 3 heterocycles. The largest absolute Gasteiger partial charge is 0.402 e. The summed E-state index contributed by atoms with van der Waals surface area (Å²) >= 11 is 1.02. The molecule has 3 aromatic rings. The van der Waals surface area contributed by atoms with Gasteiger partial charge in [0.05, 0.1) is 6.20 Å². The number of alkyl halides is 3. The predicted molar refractivity (Wildman–Crippen MR) is 95.4 cm³/mol. The van der Waals surface area contributed by atoms with E-state index in [9.17, 15) is 30.8 Å². The zero-order chi connectivity index (χ0) is 21.2. The van der Waals surface area contributed by atoms with Gasteiger partial charge < -0.3 is 0 Å². The Morgan fingerprint density at radius 1 is 1.10 bits per heavy atom. The molecular weight excluding hydrogens is 436 g/mol. The number of carbonyl (C=O) groups excluding carboxylic acids is 1. The molecule has 3 rings (SSSR count). The van der Waals surface area contributed by atoms with Gasteiger partial charge in [-0.3, -0.25) is 9.78 Å². The minimum atomic E-state index is -4.94. The zero-order valence-electron chi connectivity index (χ0n) is 14.2. The van der Waals surface area contributed by atoms with Crippen molar-refractivity contribution in [3.05, 3.63) is 48.2 Å². The quantitative estimate of drug-likeness (QED) is 0.424. The van der Waals surface area contributed by atoms with E-state index in [1.807, 2.05) is 0 Å². The normalized spacial score (nSPS) is 12.1. The standard InChI is InChI=1S/C16H10F4N4O3S2/c17-10-4-9(5-21-6-10)14-23-24-15(28-14)12-3-1-2-11(22-12)13(25)7-29(26,27)8-16(18,19)20/h1-6H,7-8H2. The van der Waals surface area contributed by atoms with Crippen LogP contribution in [0.4, 0.5) is 17.6 Å². The number of halogens is 4. The van der Waals surface area contributed by atoms with Crippen LogP contribution in [0.3, 0.4) is 0 Å². The summed E-state index contributed by atoms with van der Waals surface area (Å²) in [6.07, 6.45) is -2.54. The van der Waals surface area contributed by atoms with Crippen molar-refractivity contribution in [3.8, 4) is 21.3 Å². The minimum absolute atomic E-state index is 0.164. The molecule has 29 heavy (non-hydrogen) atoms. The highest BCUT2D eigenvalue weighted by atomic mass is 32.2. The number of hydrogen-bond donors (Lipinski definition) is 0. The first-order valence-electron chi connectivity index (χ1n) is 7.75. The predicted octanol–water partition coefficient (Wildman–Crippen LogP) is 2.96. The number of pyridine rings is 2. The van der Waals surface area contributed by atoms with Crippen molar-refractivity contribution < 1.29 is 30.8 Å². The number of aromatic nitrogens is 4. The lowest BCUT2D eigenvalue weighted by Gasteiger charge is -2.07. The maximum absolute atomic E-state index is 13.3. The number of sulfone groups is 1. The number of ketones is 1. The summed E-state index contributed by atoms with van der Waals surface area (Å²) in [5.41, 5.74) is 0.217. The van der Waals surface area contributed by atoms with Gasteiger partial charge in [-0.2, -0.15) is 13.2 Å². The van der Waals surface area contributed by atoms with E-state index in [0.29, 0.717) is 10.6 Å². The Labute approximate surface area is 165 Å². The lowest BCUT2D eigenvalue weighted by atomic mass is 10.2. The molecule has 0 amide bonds. The SMILES string of the molecule is O=C(CS(=O)(=O)CC(F)(F)F)c1cccc(-c2nnc(-c3cncc(F)c3)s2)n1. The number of carbonyl (C=O) groups is 1. The van der Waals surface area contributed by atoms with Crippen LogP contribution in [-0.2, 0) is 9.84 Å². The van der Waals surface area contributed by atoms with Gasteiger partial charge in [0.25, 0.3) is 0 Å². The van der Waals surface area contributed by atoms with Crippen molar-refractivity contribution in [1.29, 1.82) is 0 Å². The molecule has 0 N–H and O–H groups in total. The Kier molecular flexibility index (Phi) is 5.71. The molecule has 152 valence electrons. The molecule has 0 radical (unpaired) electrons. The highest BCUT2D eigenvalue weighted by Crippen LogP contribution is 2.29. The molecular formula is C16H10F4N4O3S2. The van der Waals surface area contributed by atoms with E-state index in [0.717, 1.165) is 17.5 Å². The third-order valence-electron chi connectivity index (χ3n) is 3.37. The Morgan fingerprint density at radius 2 is 1.83 bits per heavy atom. The fourth-order valence-electron chi connectivity index (χ4n) is 2.26. The number of Topliss-reactive ketones (excluding diaryl/α,β-unsaturated/α-hetero) is 1. The van der Waals surface area contributed by atoms with Gasteiger partial charge in [0.1, 0.15) is 33.7 Å². The molecule has 0 aliphatic carbocycles. The maximum atomic E-state index is 13.3. The van der Waals surface area contributed by atoms with Crippen LogP contribution < -0.4 is 0 Å². The second-order valence-corrected chi connectivity index (χ2v) is 8.82. The van der Waals surface area contributed by atoms with E-state index in [1.54, 1.807) is 0 Å². The van der Waals surface area contributed by atoms with E-state index in [-0.39, 0.29) is 16.4 Å². The average Bonchev–Trinajstić information content (AvgIpc) is 3.09. The van der Waals surface area contributed by atoms with Gasteiger partial charge in [-0.05, 0) is 18.2 Å². The summed E-state index contributed by atoms with van der Waals surface area (Å²) in [6, 6.07) is 5.25. The monoisotopic (exact) mass is 446 g/mol. The fraction of sp³-hybridized carbons (Fsp3) is 0.188. The summed E-state index contributed by atoms with van der Waals surface area (Å²) in [5.74, 6) is -5.05. The first-order valence-corrected chi connectivity index (χ1v) is 10.4. The summed E-state index contributed by atoms with van der Waals surface area (Å²) in [5, 5.41) is 8.37. The van der Waals surface area contributed by atoms with Crippen LogP contribution in [0.5, 0.6) is 0 Å². The lowest BCUT2D eigenvalue weighted by Crippen LogP contribution is -2.28. The van der Waals surface area contributed by atoms with Gasteiger partial charge in [0.15, 0.2) is 20.6 Å². The second kappa shape index (κ2) is 7.91. The topological polar surface area (TPSA) is 103 Å². The molecule has 3 aromatic heterocycles. The molecule has 13 heteroatoms. The summed E-state index contributed by atoms with van der Waals surface area (Å²) in [6.45, 7) is 0. The van der Waals surface area contributed by atoms with Crippen LogP contribution in [0.25, 0.3) is 21.3 Å². The van der Waals surface area contributed by atoms with Crippen LogP contribution in [0, 0.1) is 5.82 Å². The molecule has 0 fully saturated rings. The fourth-order valence-corrected chi connectivity index (χ4v) is 4.20. The molecule has 0 unspecified atom stereocenters. The van der Waals surface area contributed by atoms with Crippen molar-refractivity contribution in [2.75, 3.05) is 11.5 Å². The average molecular weight is 446 g/mol. The summed E-state index contributed by atoms with van der Waals surface area (Å²) < 4.78 is 73.3. The van der Waals surface area contributed by atoms with Gasteiger partial charge in [0.2, 0.25) is 0 Å². The van der Waals surface area contributed by atoms with Gasteiger partial charge >= 0.3 is 6.18 Å². The summed E-state index contributed by atoms with van der Waals surface area (Å²) in [4.78, 5) is 19.8. The Balaban J connectivity index is 1.82.